The molecule has 4 amide bonds. The van der Waals surface area contributed by atoms with E-state index in [0.29, 0.717) is 34.0 Å². The number of hydrogen-bond acceptors (Lipinski definition) is 9. The van der Waals surface area contributed by atoms with Gasteiger partial charge in [-0.3, -0.25) is 29.5 Å². The fourth-order valence-corrected chi connectivity index (χ4v) is 10.0. The van der Waals surface area contributed by atoms with Gasteiger partial charge in [-0.15, -0.1) is 11.3 Å². The Balaban J connectivity index is 1.29. The number of benzene rings is 3. The Labute approximate surface area is 325 Å². The second-order valence-corrected chi connectivity index (χ2v) is 15.8. The number of phenols is 1. The zero-order chi connectivity index (χ0) is 37.9. The van der Waals surface area contributed by atoms with E-state index in [0.717, 1.165) is 15.5 Å². The number of methoxy groups -OCH3 is 2. The Morgan fingerprint density at radius 1 is 0.944 bits per heavy atom. The van der Waals surface area contributed by atoms with Gasteiger partial charge in [0.15, 0.2) is 11.5 Å². The van der Waals surface area contributed by atoms with E-state index >= 15 is 4.79 Å². The van der Waals surface area contributed by atoms with Gasteiger partial charge < -0.3 is 14.6 Å². The highest BCUT2D eigenvalue weighted by Crippen LogP contribution is 2.61. The third-order valence-electron chi connectivity index (χ3n) is 11.3. The van der Waals surface area contributed by atoms with Crippen LogP contribution in [-0.2, 0) is 31.1 Å². The van der Waals surface area contributed by atoms with E-state index in [4.69, 9.17) is 32.7 Å². The molecule has 1 aromatic heterocycles. The van der Waals surface area contributed by atoms with Crippen molar-refractivity contribution in [1.29, 1.82) is 0 Å². The van der Waals surface area contributed by atoms with Crippen LogP contribution < -0.4 is 14.9 Å². The molecule has 0 spiro atoms. The van der Waals surface area contributed by atoms with Gasteiger partial charge in [0.2, 0.25) is 11.8 Å². The highest BCUT2D eigenvalue weighted by molar-refractivity contribution is 7.09. The van der Waals surface area contributed by atoms with Gasteiger partial charge in [-0.25, -0.2) is 0 Å². The molecule has 6 atom stereocenters. The van der Waals surface area contributed by atoms with E-state index in [1.165, 1.54) is 35.5 Å². The van der Waals surface area contributed by atoms with Crippen molar-refractivity contribution in [3.05, 3.63) is 122 Å². The lowest BCUT2D eigenvalue weighted by Gasteiger charge is -2.49. The van der Waals surface area contributed by atoms with Crippen molar-refractivity contribution in [2.75, 3.05) is 19.6 Å². The molecule has 0 unspecified atom stereocenters. The van der Waals surface area contributed by atoms with Crippen molar-refractivity contribution in [1.82, 2.24) is 9.91 Å². The predicted molar refractivity (Wildman–Crippen MR) is 205 cm³/mol. The van der Waals surface area contributed by atoms with Crippen LogP contribution in [-0.4, -0.2) is 52.9 Å². The smallest absolute Gasteiger partial charge is 0.260 e. The molecule has 2 aliphatic heterocycles. The summed E-state index contributed by atoms with van der Waals surface area (Å²) in [5.74, 6) is -4.15. The van der Waals surface area contributed by atoms with Gasteiger partial charge in [0.1, 0.15) is 5.75 Å². The van der Waals surface area contributed by atoms with Gasteiger partial charge in [-0.05, 0) is 83.8 Å². The molecule has 13 heteroatoms. The van der Waals surface area contributed by atoms with Gasteiger partial charge >= 0.3 is 0 Å². The predicted octanol–water partition coefficient (Wildman–Crippen LogP) is 7.51. The molecule has 2 saturated heterocycles. The number of nitrogens with zero attached hydrogens (tertiary/aromatic N) is 2. The molecule has 54 heavy (non-hydrogen) atoms. The third kappa shape index (κ3) is 5.68. The second-order valence-electron chi connectivity index (χ2n) is 13.9. The Morgan fingerprint density at radius 3 is 2.44 bits per heavy atom. The quantitative estimate of drug-likeness (QED) is 0.132. The second kappa shape index (κ2) is 14.0. The maximum absolute atomic E-state index is 15.3. The van der Waals surface area contributed by atoms with E-state index < -0.39 is 46.8 Å². The number of anilines is 1. The first-order valence-electron chi connectivity index (χ1n) is 17.4. The number of carbonyl (C=O) groups excluding carboxylic acids is 4. The average molecular weight is 785 g/mol. The molecule has 2 aliphatic carbocycles. The fraction of sp³-hybridized carbons (Fsp3) is 0.268. The summed E-state index contributed by atoms with van der Waals surface area (Å²) in [4.78, 5) is 60.7. The van der Waals surface area contributed by atoms with E-state index in [1.54, 1.807) is 55.6 Å². The Kier molecular flexibility index (Phi) is 9.28. The number of phenolic OH excluding ortho intramolecular Hbond substituents is 1. The van der Waals surface area contributed by atoms with E-state index in [9.17, 15) is 19.5 Å². The first-order chi connectivity index (χ1) is 26.1. The van der Waals surface area contributed by atoms with Crippen LogP contribution in [0.5, 0.6) is 17.2 Å². The number of nitrogens with one attached hydrogen (secondary N) is 1. The molecule has 10 nitrogen and oxygen atoms in total. The standard InChI is InChI=1S/C41H35Cl2N3O7S/c1-52-25-10-7-23(8-11-25)41-30(14-5-22-6-16-34(47)35(18-22)53-2)27-12-13-28-36(39(50)45(37(28)48)21-26-4-3-17-54-26)29(27)20-31(41)38(49)46(40(41)51)44-33-15-9-24(42)19-32(33)43/h3-12,14-19,28-31,36,44,47H,13,20-21H2,1-2H3/t28-,29+,30-,31-,36-,41-/m0/s1. The molecule has 8 rings (SSSR count). The first kappa shape index (κ1) is 35.9. The minimum Gasteiger partial charge on any atom is -0.504 e. The number of carbonyl (C=O) groups is 4. The SMILES string of the molecule is COc1ccc([C@@]23C(=O)N(Nc4ccc(Cl)cc4Cl)C(=O)[C@@H]2C[C@@H]2C(=CC[C@@H]4C(=O)N(Cc5cccs5)C(=O)[C@@H]42)[C@@H]3C=Cc2ccc(O)c(OC)c2)cc1. The van der Waals surface area contributed by atoms with Crippen LogP contribution in [0.15, 0.2) is 95.9 Å². The van der Waals surface area contributed by atoms with Crippen LogP contribution in [0.3, 0.4) is 0 Å². The zero-order valence-electron chi connectivity index (χ0n) is 29.2. The largest absolute Gasteiger partial charge is 0.504 e. The summed E-state index contributed by atoms with van der Waals surface area (Å²) in [7, 11) is 3.01. The van der Waals surface area contributed by atoms with Crippen molar-refractivity contribution in [3.63, 3.8) is 0 Å². The summed E-state index contributed by atoms with van der Waals surface area (Å²) in [5, 5.41) is 13.9. The number of halogens is 2. The molecule has 4 aliphatic rings. The Bertz CT molecular complexity index is 2240. The number of likely N-dealkylation sites (tertiary alicyclic amines) is 1. The molecular formula is C41H35Cl2N3O7S. The van der Waals surface area contributed by atoms with Gasteiger partial charge in [0.05, 0.1) is 54.6 Å². The lowest BCUT2D eigenvalue weighted by atomic mass is 9.50. The van der Waals surface area contributed by atoms with Crippen molar-refractivity contribution in [3.8, 4) is 17.2 Å². The molecule has 1 saturated carbocycles. The topological polar surface area (TPSA) is 125 Å². The minimum absolute atomic E-state index is 0.0289. The van der Waals surface area contributed by atoms with Gasteiger partial charge in [-0.1, -0.05) is 71.3 Å². The highest BCUT2D eigenvalue weighted by Gasteiger charge is 2.69. The summed E-state index contributed by atoms with van der Waals surface area (Å²) >= 11 is 14.2. The number of hydrazine groups is 1. The summed E-state index contributed by atoms with van der Waals surface area (Å²) in [5.41, 5.74) is 3.92. The number of aromatic hydroxyl groups is 1. The van der Waals surface area contributed by atoms with Crippen LogP contribution in [0.4, 0.5) is 5.69 Å². The minimum atomic E-state index is -1.48. The van der Waals surface area contributed by atoms with Crippen molar-refractivity contribution in [2.24, 2.45) is 29.6 Å². The highest BCUT2D eigenvalue weighted by atomic mass is 35.5. The normalized spacial score (nSPS) is 26.1. The fourth-order valence-electron chi connectivity index (χ4n) is 8.87. The maximum atomic E-state index is 15.3. The monoisotopic (exact) mass is 783 g/mol. The molecule has 2 N–H and O–H groups in total. The van der Waals surface area contributed by atoms with E-state index in [1.807, 2.05) is 35.7 Å². The maximum Gasteiger partial charge on any atom is 0.260 e. The molecule has 0 radical (unpaired) electrons. The van der Waals surface area contributed by atoms with Gasteiger partial charge in [-0.2, -0.15) is 5.01 Å². The summed E-state index contributed by atoms with van der Waals surface area (Å²) in [6.45, 7) is 0.187. The van der Waals surface area contributed by atoms with Gasteiger partial charge in [0, 0.05) is 15.8 Å². The van der Waals surface area contributed by atoms with Gasteiger partial charge in [0.25, 0.3) is 11.8 Å². The molecule has 3 aromatic carbocycles. The first-order valence-corrected chi connectivity index (χ1v) is 19.1. The number of ether oxygens (including phenoxy) is 2. The van der Waals surface area contributed by atoms with E-state index in [2.05, 4.69) is 5.43 Å². The Morgan fingerprint density at radius 2 is 1.74 bits per heavy atom. The van der Waals surface area contributed by atoms with E-state index in [-0.39, 0.29) is 41.3 Å². The van der Waals surface area contributed by atoms with Crippen LogP contribution in [0.2, 0.25) is 10.0 Å². The summed E-state index contributed by atoms with van der Waals surface area (Å²) in [6.07, 6.45) is 6.20. The van der Waals surface area contributed by atoms with Crippen molar-refractivity contribution in [2.45, 2.75) is 24.8 Å². The average Bonchev–Trinajstić information content (AvgIpc) is 3.84. The van der Waals surface area contributed by atoms with Crippen LogP contribution in [0, 0.1) is 29.6 Å². The van der Waals surface area contributed by atoms with Crippen LogP contribution in [0.25, 0.3) is 6.08 Å². The lowest BCUT2D eigenvalue weighted by molar-refractivity contribution is -0.141. The van der Waals surface area contributed by atoms with Crippen molar-refractivity contribution < 1.29 is 33.8 Å². The lowest BCUT2D eigenvalue weighted by Crippen LogP contribution is -2.54. The molecule has 3 fully saturated rings. The molecule has 0 bridgehead atoms. The number of rotatable bonds is 9. The number of hydrogen-bond donors (Lipinski definition) is 2. The number of fused-ring (bicyclic) bond motifs is 4. The Hall–Kier alpha value is -5.10. The number of thiophene rings is 1. The van der Waals surface area contributed by atoms with Crippen LogP contribution >= 0.6 is 34.5 Å². The summed E-state index contributed by atoms with van der Waals surface area (Å²) < 4.78 is 10.8. The van der Waals surface area contributed by atoms with Crippen LogP contribution in [0.1, 0.15) is 28.8 Å². The summed E-state index contributed by atoms with van der Waals surface area (Å²) in [6, 6.07) is 20.6. The zero-order valence-corrected chi connectivity index (χ0v) is 31.5. The number of imide groups is 2. The molecular weight excluding hydrogens is 749 g/mol. The number of amides is 4. The van der Waals surface area contributed by atoms with Crippen molar-refractivity contribution >= 4 is 69.9 Å². The third-order valence-corrected chi connectivity index (χ3v) is 12.7. The molecule has 3 heterocycles. The number of allylic oxidation sites excluding steroid dienone is 3. The molecule has 4 aromatic rings. The molecule has 276 valence electrons.